The smallest absolute Gasteiger partial charge is 0.206 e. The third kappa shape index (κ3) is 1.58. The van der Waals surface area contributed by atoms with Crippen LogP contribution in [0.1, 0.15) is 12.5 Å². The molecule has 1 heterocycles. The predicted octanol–water partition coefficient (Wildman–Crippen LogP) is 1.85. The number of rotatable bonds is 1. The maximum Gasteiger partial charge on any atom is 0.206 e. The highest BCUT2D eigenvalue weighted by atomic mass is 35.5. The lowest BCUT2D eigenvalue weighted by atomic mass is 10.2. The Balaban J connectivity index is 2.69. The lowest BCUT2D eigenvalue weighted by Gasteiger charge is -2.05. The highest BCUT2D eigenvalue weighted by Crippen LogP contribution is 2.35. The summed E-state index contributed by atoms with van der Waals surface area (Å²) in [6.45, 7) is 1.43. The largest absolute Gasteiger partial charge is 0.388 e. The molecule has 80 valence electrons. The zero-order valence-electron chi connectivity index (χ0n) is 7.94. The highest BCUT2D eigenvalue weighted by molar-refractivity contribution is 7.96. The van der Waals surface area contributed by atoms with E-state index in [1.807, 2.05) is 0 Å². The van der Waals surface area contributed by atoms with Crippen molar-refractivity contribution in [1.82, 2.24) is 0 Å². The lowest BCUT2D eigenvalue weighted by molar-refractivity contribution is 0.240. The molecule has 0 saturated carbocycles. The van der Waals surface area contributed by atoms with Crippen LogP contribution >= 0.6 is 11.6 Å². The standard InChI is InChI=1S/C10H9ClO3S/c1-6(12)9-4-7-2-3-8(11)5-10(7)15(9,13)14/h2-6,12H,1H3. The van der Waals surface area contributed by atoms with Gasteiger partial charge >= 0.3 is 0 Å². The molecule has 2 rings (SSSR count). The van der Waals surface area contributed by atoms with Gasteiger partial charge in [-0.1, -0.05) is 17.7 Å². The lowest BCUT2D eigenvalue weighted by Crippen LogP contribution is -2.11. The van der Waals surface area contributed by atoms with Gasteiger partial charge in [-0.25, -0.2) is 8.42 Å². The van der Waals surface area contributed by atoms with Crippen molar-refractivity contribution in [2.24, 2.45) is 0 Å². The van der Waals surface area contributed by atoms with Gasteiger partial charge in [0.1, 0.15) is 0 Å². The Bertz CT molecular complexity index is 544. The maximum absolute atomic E-state index is 11.9. The summed E-state index contributed by atoms with van der Waals surface area (Å²) in [6, 6.07) is 4.65. The van der Waals surface area contributed by atoms with Crippen molar-refractivity contribution >= 4 is 27.5 Å². The summed E-state index contributed by atoms with van der Waals surface area (Å²) < 4.78 is 23.8. The van der Waals surface area contributed by atoms with E-state index in [4.69, 9.17) is 11.6 Å². The molecule has 3 nitrogen and oxygen atoms in total. The molecule has 0 radical (unpaired) electrons. The van der Waals surface area contributed by atoms with Crippen molar-refractivity contribution in [3.8, 4) is 0 Å². The number of aliphatic hydroxyl groups excluding tert-OH is 1. The summed E-state index contributed by atoms with van der Waals surface area (Å²) in [4.78, 5) is 0.200. The highest BCUT2D eigenvalue weighted by Gasteiger charge is 2.32. The molecule has 0 spiro atoms. The van der Waals surface area contributed by atoms with E-state index < -0.39 is 15.9 Å². The summed E-state index contributed by atoms with van der Waals surface area (Å²) in [5.74, 6) is 0. The fourth-order valence-electron chi connectivity index (χ4n) is 1.56. The first-order valence-electron chi connectivity index (χ1n) is 4.37. The number of hydrogen-bond donors (Lipinski definition) is 1. The van der Waals surface area contributed by atoms with Crippen molar-refractivity contribution in [3.63, 3.8) is 0 Å². The van der Waals surface area contributed by atoms with E-state index in [1.165, 1.54) is 19.1 Å². The molecule has 0 aromatic heterocycles. The molecular weight excluding hydrogens is 236 g/mol. The molecule has 1 aromatic carbocycles. The number of halogens is 1. The summed E-state index contributed by atoms with van der Waals surface area (Å²) in [5.41, 5.74) is 0.579. The van der Waals surface area contributed by atoms with Crippen molar-refractivity contribution in [2.75, 3.05) is 0 Å². The first kappa shape index (κ1) is 10.7. The Morgan fingerprint density at radius 3 is 2.67 bits per heavy atom. The van der Waals surface area contributed by atoms with E-state index in [0.717, 1.165) is 0 Å². The maximum atomic E-state index is 11.9. The number of sulfone groups is 1. The van der Waals surface area contributed by atoms with Crippen LogP contribution in [0.4, 0.5) is 0 Å². The normalized spacial score (nSPS) is 19.5. The Morgan fingerprint density at radius 2 is 2.07 bits per heavy atom. The van der Waals surface area contributed by atoms with Crippen LogP contribution in [0.3, 0.4) is 0 Å². The second-order valence-electron chi connectivity index (χ2n) is 3.41. The Kier molecular flexibility index (Phi) is 2.37. The number of aliphatic hydroxyl groups is 1. The van der Waals surface area contributed by atoms with Gasteiger partial charge in [-0.05, 0) is 30.7 Å². The molecule has 0 saturated heterocycles. The number of fused-ring (bicyclic) bond motifs is 1. The summed E-state index contributed by atoms with van der Waals surface area (Å²) in [7, 11) is -3.54. The molecule has 5 heteroatoms. The zero-order chi connectivity index (χ0) is 11.2. The summed E-state index contributed by atoms with van der Waals surface area (Å²) in [5, 5.41) is 9.72. The van der Waals surface area contributed by atoms with Crippen molar-refractivity contribution in [2.45, 2.75) is 17.9 Å². The van der Waals surface area contributed by atoms with Crippen LogP contribution in [0.2, 0.25) is 5.02 Å². The Hall–Kier alpha value is -0.840. The molecule has 15 heavy (non-hydrogen) atoms. The van der Waals surface area contributed by atoms with Crippen LogP contribution in [0.5, 0.6) is 0 Å². The monoisotopic (exact) mass is 244 g/mol. The first-order chi connectivity index (χ1) is 6.93. The molecule has 0 amide bonds. The molecule has 1 aliphatic rings. The summed E-state index contributed by atoms with van der Waals surface area (Å²) in [6.07, 6.45) is 0.479. The second-order valence-corrected chi connectivity index (χ2v) is 5.76. The minimum atomic E-state index is -3.54. The first-order valence-corrected chi connectivity index (χ1v) is 6.23. The van der Waals surface area contributed by atoms with Crippen molar-refractivity contribution in [1.29, 1.82) is 0 Å². The van der Waals surface area contributed by atoms with Gasteiger partial charge in [0.2, 0.25) is 9.84 Å². The minimum Gasteiger partial charge on any atom is -0.388 e. The Labute approximate surface area is 92.9 Å². The van der Waals surface area contributed by atoms with Gasteiger partial charge < -0.3 is 5.11 Å². The van der Waals surface area contributed by atoms with E-state index in [0.29, 0.717) is 10.6 Å². The van der Waals surface area contributed by atoms with Gasteiger partial charge in [-0.3, -0.25) is 0 Å². The number of benzene rings is 1. The Morgan fingerprint density at radius 1 is 1.40 bits per heavy atom. The molecule has 1 N–H and O–H groups in total. The molecule has 0 aliphatic carbocycles. The fourth-order valence-corrected chi connectivity index (χ4v) is 3.50. The molecule has 0 bridgehead atoms. The van der Waals surface area contributed by atoms with Crippen LogP contribution in [0, 0.1) is 0 Å². The van der Waals surface area contributed by atoms with Crippen LogP contribution in [-0.4, -0.2) is 19.6 Å². The van der Waals surface area contributed by atoms with Gasteiger partial charge in [-0.15, -0.1) is 0 Å². The van der Waals surface area contributed by atoms with Gasteiger partial charge in [0.15, 0.2) is 0 Å². The topological polar surface area (TPSA) is 54.4 Å². The minimum absolute atomic E-state index is 0.0276. The van der Waals surface area contributed by atoms with E-state index in [1.54, 1.807) is 12.1 Å². The summed E-state index contributed by atoms with van der Waals surface area (Å²) >= 11 is 5.73. The van der Waals surface area contributed by atoms with Crippen LogP contribution in [0.15, 0.2) is 28.0 Å². The van der Waals surface area contributed by atoms with E-state index in [-0.39, 0.29) is 9.80 Å². The quantitative estimate of drug-likeness (QED) is 0.820. The average Bonchev–Trinajstić information content (AvgIpc) is 2.39. The van der Waals surface area contributed by atoms with Gasteiger partial charge in [0.05, 0.1) is 15.9 Å². The van der Waals surface area contributed by atoms with Crippen LogP contribution < -0.4 is 0 Å². The van der Waals surface area contributed by atoms with Gasteiger partial charge in [-0.2, -0.15) is 0 Å². The number of hydrogen-bond acceptors (Lipinski definition) is 3. The van der Waals surface area contributed by atoms with Crippen LogP contribution in [0.25, 0.3) is 6.08 Å². The van der Waals surface area contributed by atoms with E-state index in [2.05, 4.69) is 0 Å². The van der Waals surface area contributed by atoms with Gasteiger partial charge in [0, 0.05) is 5.02 Å². The zero-order valence-corrected chi connectivity index (χ0v) is 9.51. The fraction of sp³-hybridized carbons (Fsp3) is 0.200. The molecule has 1 unspecified atom stereocenters. The second kappa shape index (κ2) is 3.33. The molecule has 1 atom stereocenters. The molecule has 0 fully saturated rings. The molecular formula is C10H9ClO3S. The average molecular weight is 245 g/mol. The molecule has 1 aliphatic heterocycles. The van der Waals surface area contributed by atoms with E-state index in [9.17, 15) is 13.5 Å². The third-order valence-electron chi connectivity index (χ3n) is 2.28. The van der Waals surface area contributed by atoms with Crippen molar-refractivity contribution < 1.29 is 13.5 Å². The molecule has 1 aromatic rings. The third-order valence-corrected chi connectivity index (χ3v) is 4.53. The predicted molar refractivity (Wildman–Crippen MR) is 58.3 cm³/mol. The van der Waals surface area contributed by atoms with Crippen molar-refractivity contribution in [3.05, 3.63) is 33.7 Å². The van der Waals surface area contributed by atoms with E-state index >= 15 is 0 Å². The SMILES string of the molecule is CC(O)C1=Cc2ccc(Cl)cc2S1(=O)=O. The van der Waals surface area contributed by atoms with Gasteiger partial charge in [0.25, 0.3) is 0 Å². The van der Waals surface area contributed by atoms with Crippen LogP contribution in [-0.2, 0) is 9.84 Å².